The number of benzene rings is 2. The third kappa shape index (κ3) is 5.58. The second kappa shape index (κ2) is 8.13. The predicted octanol–water partition coefficient (Wildman–Crippen LogP) is 2.65. The maximum atomic E-state index is 12.1. The molecule has 1 amide bonds. The molecule has 0 aliphatic heterocycles. The molecule has 0 fully saturated rings. The van der Waals surface area contributed by atoms with Crippen molar-refractivity contribution < 1.29 is 13.2 Å². The van der Waals surface area contributed by atoms with Crippen molar-refractivity contribution in [3.05, 3.63) is 65.2 Å². The van der Waals surface area contributed by atoms with Crippen molar-refractivity contribution in [2.24, 2.45) is 5.10 Å². The van der Waals surface area contributed by atoms with Crippen molar-refractivity contribution in [3.63, 3.8) is 0 Å². The summed E-state index contributed by atoms with van der Waals surface area (Å²) in [4.78, 5) is 12.1. The van der Waals surface area contributed by atoms with E-state index in [4.69, 9.17) is 11.6 Å². The third-order valence-electron chi connectivity index (χ3n) is 3.32. The quantitative estimate of drug-likeness (QED) is 0.619. The van der Waals surface area contributed by atoms with E-state index in [0.717, 1.165) is 16.1 Å². The molecule has 0 spiro atoms. The highest BCUT2D eigenvalue weighted by atomic mass is 35.5. The van der Waals surface area contributed by atoms with E-state index in [1.807, 2.05) is 30.3 Å². The maximum Gasteiger partial charge on any atom is 0.260 e. The molecule has 8 heteroatoms. The van der Waals surface area contributed by atoms with Gasteiger partial charge in [0.1, 0.15) is 6.54 Å². The summed E-state index contributed by atoms with van der Waals surface area (Å²) in [6.45, 7) is 1.35. The molecule has 0 atom stereocenters. The number of hydrazone groups is 1. The summed E-state index contributed by atoms with van der Waals surface area (Å²) in [6, 6.07) is 15.6. The van der Waals surface area contributed by atoms with Gasteiger partial charge in [-0.15, -0.1) is 0 Å². The van der Waals surface area contributed by atoms with Crippen molar-refractivity contribution in [3.8, 4) is 0 Å². The Hall–Kier alpha value is -2.38. The second-order valence-electron chi connectivity index (χ2n) is 5.35. The molecule has 0 unspecified atom stereocenters. The number of carbonyl (C=O) groups excluding carboxylic acids is 1. The van der Waals surface area contributed by atoms with Gasteiger partial charge in [-0.05, 0) is 30.7 Å². The molecule has 0 saturated carbocycles. The fourth-order valence-electron chi connectivity index (χ4n) is 2.09. The highest BCUT2D eigenvalue weighted by Gasteiger charge is 2.21. The minimum absolute atomic E-state index is 0.314. The Balaban J connectivity index is 2.13. The smallest absolute Gasteiger partial charge is 0.260 e. The normalized spacial score (nSPS) is 11.9. The first-order chi connectivity index (χ1) is 11.8. The highest BCUT2D eigenvalue weighted by molar-refractivity contribution is 7.92. The summed E-state index contributed by atoms with van der Waals surface area (Å²) < 4.78 is 25.0. The van der Waals surface area contributed by atoms with Gasteiger partial charge in [-0.25, -0.2) is 13.8 Å². The topological polar surface area (TPSA) is 78.8 Å². The molecule has 0 saturated heterocycles. The summed E-state index contributed by atoms with van der Waals surface area (Å²) in [6.07, 6.45) is 1.03. The Morgan fingerprint density at radius 1 is 1.16 bits per heavy atom. The predicted molar refractivity (Wildman–Crippen MR) is 100 cm³/mol. The van der Waals surface area contributed by atoms with Gasteiger partial charge in [-0.3, -0.25) is 9.10 Å². The molecule has 0 aromatic heterocycles. The minimum atomic E-state index is -3.66. The Morgan fingerprint density at radius 3 is 2.44 bits per heavy atom. The van der Waals surface area contributed by atoms with Gasteiger partial charge in [0.2, 0.25) is 10.0 Å². The number of nitrogens with one attached hydrogen (secondary N) is 1. The van der Waals surface area contributed by atoms with Gasteiger partial charge < -0.3 is 0 Å². The number of carbonyl (C=O) groups is 1. The number of amides is 1. The molecule has 2 rings (SSSR count). The molecule has 1 N–H and O–H groups in total. The highest BCUT2D eigenvalue weighted by Crippen LogP contribution is 2.21. The van der Waals surface area contributed by atoms with Crippen LogP contribution in [0.3, 0.4) is 0 Å². The average molecular weight is 380 g/mol. The van der Waals surface area contributed by atoms with Crippen molar-refractivity contribution in [1.29, 1.82) is 0 Å². The molecule has 0 bridgehead atoms. The molecule has 132 valence electrons. The van der Waals surface area contributed by atoms with E-state index in [9.17, 15) is 13.2 Å². The molecule has 0 heterocycles. The summed E-state index contributed by atoms with van der Waals surface area (Å²) in [5.74, 6) is -0.555. The first-order valence-corrected chi connectivity index (χ1v) is 9.62. The molecule has 0 aliphatic carbocycles. The molecule has 6 nitrogen and oxygen atoms in total. The minimum Gasteiger partial charge on any atom is -0.271 e. The first kappa shape index (κ1) is 19.0. The third-order valence-corrected chi connectivity index (χ3v) is 4.70. The lowest BCUT2D eigenvalue weighted by atomic mass is 10.1. The van der Waals surface area contributed by atoms with Gasteiger partial charge in [-0.2, -0.15) is 5.10 Å². The van der Waals surface area contributed by atoms with Crippen molar-refractivity contribution in [1.82, 2.24) is 5.43 Å². The van der Waals surface area contributed by atoms with E-state index >= 15 is 0 Å². The van der Waals surface area contributed by atoms with Gasteiger partial charge in [0, 0.05) is 5.02 Å². The monoisotopic (exact) mass is 379 g/mol. The number of sulfonamides is 1. The van der Waals surface area contributed by atoms with Crippen LogP contribution in [0.1, 0.15) is 12.5 Å². The number of halogens is 1. The van der Waals surface area contributed by atoms with Crippen molar-refractivity contribution >= 4 is 38.9 Å². The van der Waals surface area contributed by atoms with Crippen LogP contribution < -0.4 is 9.73 Å². The molecular weight excluding hydrogens is 362 g/mol. The molecular formula is C17H18ClN3O3S. The van der Waals surface area contributed by atoms with Crippen LogP contribution in [0.2, 0.25) is 5.02 Å². The van der Waals surface area contributed by atoms with Gasteiger partial charge >= 0.3 is 0 Å². The first-order valence-electron chi connectivity index (χ1n) is 7.39. The van der Waals surface area contributed by atoms with E-state index in [2.05, 4.69) is 10.5 Å². The van der Waals surface area contributed by atoms with Gasteiger partial charge in [0.15, 0.2) is 0 Å². The Kier molecular flexibility index (Phi) is 6.17. The van der Waals surface area contributed by atoms with Crippen molar-refractivity contribution in [2.75, 3.05) is 17.1 Å². The lowest BCUT2D eigenvalue weighted by Crippen LogP contribution is -2.39. The molecule has 25 heavy (non-hydrogen) atoms. The number of rotatable bonds is 6. The van der Waals surface area contributed by atoms with Crippen LogP contribution in [0.15, 0.2) is 59.7 Å². The molecule has 2 aromatic carbocycles. The number of anilines is 1. The molecule has 0 radical (unpaired) electrons. The number of hydrogen-bond acceptors (Lipinski definition) is 4. The Morgan fingerprint density at radius 2 is 1.84 bits per heavy atom. The fourth-order valence-corrected chi connectivity index (χ4v) is 3.12. The van der Waals surface area contributed by atoms with Crippen LogP contribution in [0.25, 0.3) is 0 Å². The summed E-state index contributed by atoms with van der Waals surface area (Å²) in [5.41, 5.74) is 4.16. The second-order valence-corrected chi connectivity index (χ2v) is 7.69. The standard InChI is InChI=1S/C17H18ClN3O3S/c1-13(14-7-4-3-5-8-14)19-20-17(22)12-21(25(2,23)24)16-10-6-9-15(18)11-16/h3-11H,12H2,1-2H3,(H,20,22)/b19-13-. The van der Waals surface area contributed by atoms with E-state index in [1.165, 1.54) is 6.07 Å². The largest absolute Gasteiger partial charge is 0.271 e. The number of nitrogens with zero attached hydrogens (tertiary/aromatic N) is 2. The van der Waals surface area contributed by atoms with Gasteiger partial charge in [0.05, 0.1) is 17.7 Å². The SMILES string of the molecule is C/C(=N/NC(=O)CN(c1cccc(Cl)c1)S(C)(=O)=O)c1ccccc1. The van der Waals surface area contributed by atoms with Crippen molar-refractivity contribution in [2.45, 2.75) is 6.92 Å². The lowest BCUT2D eigenvalue weighted by molar-refractivity contribution is -0.119. The van der Waals surface area contributed by atoms with Gasteiger partial charge in [0.25, 0.3) is 5.91 Å². The number of hydrogen-bond donors (Lipinski definition) is 1. The van der Waals surface area contributed by atoms with E-state index in [-0.39, 0.29) is 0 Å². The van der Waals surface area contributed by atoms with E-state index < -0.39 is 22.5 Å². The zero-order valence-electron chi connectivity index (χ0n) is 13.8. The van der Waals surface area contributed by atoms with Gasteiger partial charge in [-0.1, -0.05) is 48.0 Å². The zero-order valence-corrected chi connectivity index (χ0v) is 15.4. The lowest BCUT2D eigenvalue weighted by Gasteiger charge is -2.21. The molecule has 0 aliphatic rings. The van der Waals surface area contributed by atoms with Crippen LogP contribution in [0, 0.1) is 0 Å². The summed E-state index contributed by atoms with van der Waals surface area (Å²) in [7, 11) is -3.66. The van der Waals surface area contributed by atoms with Crippen LogP contribution in [0.5, 0.6) is 0 Å². The summed E-state index contributed by atoms with van der Waals surface area (Å²) in [5, 5.41) is 4.39. The van der Waals surface area contributed by atoms with Crippen LogP contribution in [-0.2, 0) is 14.8 Å². The Bertz CT molecular complexity index is 883. The zero-order chi connectivity index (χ0) is 18.4. The molecule has 2 aromatic rings. The van der Waals surface area contributed by atoms with Crippen LogP contribution in [-0.4, -0.2) is 32.8 Å². The van der Waals surface area contributed by atoms with E-state index in [1.54, 1.807) is 25.1 Å². The Labute approximate surface area is 152 Å². The van der Waals surface area contributed by atoms with E-state index in [0.29, 0.717) is 16.4 Å². The van der Waals surface area contributed by atoms with Crippen LogP contribution in [0.4, 0.5) is 5.69 Å². The fraction of sp³-hybridized carbons (Fsp3) is 0.176. The van der Waals surface area contributed by atoms with Crippen LogP contribution >= 0.6 is 11.6 Å². The average Bonchev–Trinajstić information content (AvgIpc) is 2.57. The summed E-state index contributed by atoms with van der Waals surface area (Å²) >= 11 is 5.90. The maximum absolute atomic E-state index is 12.1.